The molecule has 44 heteroatoms. The van der Waals surface area contributed by atoms with Crippen molar-refractivity contribution in [2.24, 2.45) is 0 Å². The SMILES string of the molecule is O=C1O[C@H]([C@@H](O)CO)C(O)=C1O.O=C1O[C@H]([C@@H](O)CO)C(O)=C1O.O=C1O[C@H]([C@@H](O)CO)C(O)=C1O.O=C1O[C@H]([C@@H](O)CO)C(O)=C1O.O=C1O[C@H]([C@@H](O)CO)C([O][Sb]([O]C2=C(O)C(=O)O[C@@H]2[C@@H](O)CO)[O]C2=C(O)C(=O)O[C@@H]2[C@@H](O)CO)=C1O.[Mo]. The molecular weight excluding hydrogens is 1390 g/mol. The van der Waals surface area contributed by atoms with Crippen LogP contribution in [-0.2, 0) is 96.8 Å². The molecule has 7 aliphatic heterocycles. The fourth-order valence-corrected chi connectivity index (χ4v) is 9.62. The second-order valence-electron chi connectivity index (χ2n) is 16.6. The predicted molar refractivity (Wildman–Crippen MR) is 248 cm³/mol. The molecule has 0 amide bonds. The predicted octanol–water partition coefficient (Wildman–Crippen LogP) is -10.5. The fraction of sp³-hybridized carbons (Fsp3) is 0.500. The van der Waals surface area contributed by atoms with Gasteiger partial charge in [-0.1, -0.05) is 0 Å². The van der Waals surface area contributed by atoms with Crippen LogP contribution in [0.4, 0.5) is 0 Å². The Balaban J connectivity index is 0.000000419. The van der Waals surface area contributed by atoms with Gasteiger partial charge in [0, 0.05) is 21.1 Å². The van der Waals surface area contributed by atoms with Crippen LogP contribution < -0.4 is 0 Å². The second-order valence-corrected chi connectivity index (χ2v) is 19.4. The zero-order valence-electron chi connectivity index (χ0n) is 42.5. The monoisotopic (exact) mass is 1450 g/mol. The maximum absolute atomic E-state index is 11.8. The summed E-state index contributed by atoms with van der Waals surface area (Å²) in [6.07, 6.45) is -22.1. The molecule has 7 heterocycles. The molecule has 86 heavy (non-hydrogen) atoms. The Labute approximate surface area is 498 Å². The molecule has 0 aromatic heterocycles. The van der Waals surface area contributed by atoms with Crippen LogP contribution in [0, 0.1) is 0 Å². The van der Waals surface area contributed by atoms with Crippen molar-refractivity contribution in [1.29, 1.82) is 0 Å². The van der Waals surface area contributed by atoms with Gasteiger partial charge in [-0.3, -0.25) is 0 Å². The molecule has 484 valence electrons. The molecular formula is C42H53MoO42Sb. The van der Waals surface area contributed by atoms with E-state index in [0.717, 1.165) is 0 Å². The molecule has 0 fully saturated rings. The van der Waals surface area contributed by atoms with Crippen molar-refractivity contribution in [1.82, 2.24) is 0 Å². The first-order valence-corrected chi connectivity index (χ1v) is 26.0. The topological polar surface area (TPSA) is 718 Å². The normalized spacial score (nSPS) is 25.8. The standard InChI is InChI=1S/7C6H8O6.Mo.Sb/c7*7-1-2(8)5-3(9)4(10)6(11)12-5;;/h7*2,5,7-10H,1H2;;/q;;;;;;;;+3/p-3/t7*2-,5+;;/m0000000../s1. The molecule has 0 aromatic rings. The molecule has 7 rings (SSSR count). The van der Waals surface area contributed by atoms with Crippen molar-refractivity contribution in [2.45, 2.75) is 85.5 Å². The first-order valence-electron chi connectivity index (χ1n) is 22.9. The van der Waals surface area contributed by atoms with E-state index in [1.165, 1.54) is 0 Å². The zero-order valence-corrected chi connectivity index (χ0v) is 47.1. The van der Waals surface area contributed by atoms with Crippen LogP contribution in [0.25, 0.3) is 0 Å². The summed E-state index contributed by atoms with van der Waals surface area (Å²) in [5.41, 5.74) is 0. The Kier molecular flexibility index (Phi) is 28.6. The Morgan fingerprint density at radius 1 is 0.279 bits per heavy atom. The molecule has 0 bridgehead atoms. The zero-order chi connectivity index (χ0) is 64.8. The minimum Gasteiger partial charge on any atom is 0 e. The summed E-state index contributed by atoms with van der Waals surface area (Å²) in [5, 5.41) is 228. The van der Waals surface area contributed by atoms with Crippen LogP contribution in [-0.4, -0.2) is 323 Å². The van der Waals surface area contributed by atoms with Gasteiger partial charge in [0.2, 0.25) is 23.0 Å². The van der Waals surface area contributed by atoms with Gasteiger partial charge in [0.05, 0.1) is 26.4 Å². The summed E-state index contributed by atoms with van der Waals surface area (Å²) in [6, 6.07) is 0. The van der Waals surface area contributed by atoms with E-state index in [-0.39, 0.29) is 21.1 Å². The number of cyclic esters (lactones) is 7. The molecule has 0 aliphatic carbocycles. The van der Waals surface area contributed by atoms with Crippen LogP contribution in [0.2, 0.25) is 0 Å². The molecule has 0 aromatic carbocycles. The number of ether oxygens (including phenoxy) is 7. The summed E-state index contributed by atoms with van der Waals surface area (Å²) in [5.74, 6) is -21.5. The average Bonchev–Trinajstić information content (AvgIpc) is 4.51. The van der Waals surface area contributed by atoms with Crippen molar-refractivity contribution in [3.8, 4) is 0 Å². The average molecular weight is 1450 g/mol. The smallest absolute Gasteiger partial charge is 0 e. The van der Waals surface area contributed by atoms with Crippen LogP contribution in [0.1, 0.15) is 0 Å². The van der Waals surface area contributed by atoms with Gasteiger partial charge in [-0.25, -0.2) is 19.2 Å². The van der Waals surface area contributed by atoms with Gasteiger partial charge in [-0.15, -0.1) is 0 Å². The van der Waals surface area contributed by atoms with Crippen LogP contribution in [0.5, 0.6) is 0 Å². The van der Waals surface area contributed by atoms with E-state index in [9.17, 15) is 79.5 Å². The van der Waals surface area contributed by atoms with Crippen molar-refractivity contribution in [2.75, 3.05) is 46.2 Å². The Morgan fingerprint density at radius 3 is 0.558 bits per heavy atom. The summed E-state index contributed by atoms with van der Waals surface area (Å²) in [4.78, 5) is 77.6. The third-order valence-corrected chi connectivity index (χ3v) is 13.8. The number of hydrogen-bond acceptors (Lipinski definition) is 42. The van der Waals surface area contributed by atoms with Gasteiger partial charge in [-0.05, 0) is 0 Å². The molecule has 42 nitrogen and oxygen atoms in total. The number of carbonyl (C=O) groups excluding carboxylic acids is 7. The number of aliphatic hydroxyl groups is 25. The molecule has 0 spiro atoms. The van der Waals surface area contributed by atoms with Gasteiger partial charge < -0.3 is 101 Å². The van der Waals surface area contributed by atoms with E-state index >= 15 is 0 Å². The summed E-state index contributed by atoms with van der Waals surface area (Å²) in [7, 11) is 0. The van der Waals surface area contributed by atoms with E-state index in [1.807, 2.05) is 0 Å². The molecule has 0 radical (unpaired) electrons. The van der Waals surface area contributed by atoms with Crippen molar-refractivity contribution >= 4 is 63.3 Å². The van der Waals surface area contributed by atoms with Crippen molar-refractivity contribution < 1.29 is 224 Å². The van der Waals surface area contributed by atoms with Crippen molar-refractivity contribution in [3.05, 3.63) is 80.6 Å². The molecule has 0 saturated heterocycles. The Morgan fingerprint density at radius 2 is 0.419 bits per heavy atom. The number of carbonyl (C=O) groups is 7. The summed E-state index contributed by atoms with van der Waals surface area (Å²) < 4.78 is 47.5. The van der Waals surface area contributed by atoms with E-state index in [4.69, 9.17) is 105 Å². The van der Waals surface area contributed by atoms with E-state index in [1.54, 1.807) is 0 Å². The van der Waals surface area contributed by atoms with Gasteiger partial charge in [0.25, 0.3) is 0 Å². The van der Waals surface area contributed by atoms with Crippen LogP contribution in [0.3, 0.4) is 0 Å². The molecule has 0 saturated carbocycles. The van der Waals surface area contributed by atoms with E-state index in [2.05, 4.69) is 18.9 Å². The molecule has 0 unspecified atom stereocenters. The third-order valence-electron chi connectivity index (χ3n) is 10.8. The maximum Gasteiger partial charge on any atom is 0 e. The largest absolute Gasteiger partial charge is 0 e. The minimum absolute atomic E-state index is 0. The number of esters is 7. The summed E-state index contributed by atoms with van der Waals surface area (Å²) in [6.45, 7) is -5.66. The Bertz CT molecular complexity index is 2400. The fourth-order valence-electron chi connectivity index (χ4n) is 6.30. The van der Waals surface area contributed by atoms with E-state index in [0.29, 0.717) is 0 Å². The summed E-state index contributed by atoms with van der Waals surface area (Å²) >= 11 is -4.87. The molecule has 7 aliphatic rings. The third kappa shape index (κ3) is 17.4. The molecule has 25 N–H and O–H groups in total. The first kappa shape index (κ1) is 74.7. The Hall–Kier alpha value is -7.38. The van der Waals surface area contributed by atoms with Crippen LogP contribution >= 0.6 is 0 Å². The van der Waals surface area contributed by atoms with Gasteiger partial charge in [0.15, 0.2) is 47.5 Å². The minimum atomic E-state index is -4.87. The second kappa shape index (κ2) is 32.9. The number of rotatable bonds is 20. The number of hydrogen-bond donors (Lipinski definition) is 25. The quantitative estimate of drug-likeness (QED) is 0.0306. The van der Waals surface area contributed by atoms with Gasteiger partial charge in [0.1, 0.15) is 24.4 Å². The maximum atomic E-state index is 11.8. The van der Waals surface area contributed by atoms with Crippen molar-refractivity contribution in [3.63, 3.8) is 0 Å². The van der Waals surface area contributed by atoms with Crippen LogP contribution in [0.15, 0.2) is 80.6 Å². The number of aliphatic hydroxyl groups excluding tert-OH is 25. The van der Waals surface area contributed by atoms with Gasteiger partial charge in [-0.2, -0.15) is 0 Å². The molecule has 14 atom stereocenters. The van der Waals surface area contributed by atoms with E-state index < -0.39 is 276 Å². The van der Waals surface area contributed by atoms with Gasteiger partial charge >= 0.3 is 238 Å². The first-order chi connectivity index (χ1) is 39.7.